The third kappa shape index (κ3) is 5.35. The van der Waals surface area contributed by atoms with E-state index in [1.54, 1.807) is 19.9 Å². The first-order chi connectivity index (χ1) is 7.13. The highest BCUT2D eigenvalue weighted by molar-refractivity contribution is 5.36. The van der Waals surface area contributed by atoms with Gasteiger partial charge in [0.25, 0.3) is 12.2 Å². The molecule has 0 radical (unpaired) electrons. The maximum Gasteiger partial charge on any atom is 0.293 e. The second kappa shape index (κ2) is 7.43. The minimum Gasteiger partial charge on any atom is -0.468 e. The number of aryl methyl sites for hydroxylation is 1. The van der Waals surface area contributed by atoms with E-state index in [0.717, 1.165) is 0 Å². The molecule has 1 aromatic rings. The number of nitro groups is 1. The standard InChI is InChI=1S/C6H6N2O2.C3H6O2/c1-5-6(8(9)10)3-2-4-7-5;1-2-5-3-4/h2-4H,1H3;3H,2H2,1H3. The molecule has 6 nitrogen and oxygen atoms in total. The van der Waals surface area contributed by atoms with Gasteiger partial charge in [0, 0.05) is 12.3 Å². The number of carbonyl (C=O) groups is 1. The predicted molar refractivity (Wildman–Crippen MR) is 53.3 cm³/mol. The smallest absolute Gasteiger partial charge is 0.293 e. The normalized spacial score (nSPS) is 8.40. The van der Waals surface area contributed by atoms with Crippen molar-refractivity contribution >= 4 is 12.2 Å². The van der Waals surface area contributed by atoms with E-state index in [2.05, 4.69) is 9.72 Å². The van der Waals surface area contributed by atoms with E-state index in [0.29, 0.717) is 18.8 Å². The molecule has 0 bridgehead atoms. The van der Waals surface area contributed by atoms with Crippen molar-refractivity contribution in [2.75, 3.05) is 6.61 Å². The first-order valence-corrected chi connectivity index (χ1v) is 4.24. The molecule has 0 unspecified atom stereocenters. The first-order valence-electron chi connectivity index (χ1n) is 4.24. The first kappa shape index (κ1) is 13.0. The minimum absolute atomic E-state index is 0.0718. The molecule has 0 fully saturated rings. The van der Waals surface area contributed by atoms with Crippen LogP contribution in [-0.2, 0) is 9.53 Å². The van der Waals surface area contributed by atoms with Crippen LogP contribution in [0, 0.1) is 17.0 Å². The second-order valence-electron chi connectivity index (χ2n) is 2.42. The Labute approximate surface area is 87.0 Å². The lowest BCUT2D eigenvalue weighted by Gasteiger charge is -1.91. The van der Waals surface area contributed by atoms with Crippen molar-refractivity contribution in [2.45, 2.75) is 13.8 Å². The summed E-state index contributed by atoms with van der Waals surface area (Å²) in [6.07, 6.45) is 1.53. The molecular formula is C9H12N2O4. The summed E-state index contributed by atoms with van der Waals surface area (Å²) in [6.45, 7) is 4.27. The van der Waals surface area contributed by atoms with E-state index in [1.807, 2.05) is 0 Å². The minimum atomic E-state index is -0.442. The van der Waals surface area contributed by atoms with E-state index in [-0.39, 0.29) is 5.69 Å². The van der Waals surface area contributed by atoms with Crippen LogP contribution in [0.25, 0.3) is 0 Å². The Kier molecular flexibility index (Phi) is 6.45. The van der Waals surface area contributed by atoms with Crippen LogP contribution in [0.2, 0.25) is 0 Å². The van der Waals surface area contributed by atoms with Crippen LogP contribution in [0.15, 0.2) is 18.3 Å². The Morgan fingerprint density at radius 3 is 2.60 bits per heavy atom. The van der Waals surface area contributed by atoms with Crippen LogP contribution < -0.4 is 0 Å². The number of aromatic nitrogens is 1. The van der Waals surface area contributed by atoms with Gasteiger partial charge >= 0.3 is 0 Å². The van der Waals surface area contributed by atoms with Crippen molar-refractivity contribution in [1.82, 2.24) is 4.98 Å². The van der Waals surface area contributed by atoms with Gasteiger partial charge in [-0.2, -0.15) is 0 Å². The van der Waals surface area contributed by atoms with Crippen LogP contribution >= 0.6 is 0 Å². The summed E-state index contributed by atoms with van der Waals surface area (Å²) in [7, 11) is 0. The van der Waals surface area contributed by atoms with Gasteiger partial charge in [-0.15, -0.1) is 0 Å². The average Bonchev–Trinajstić information content (AvgIpc) is 2.20. The van der Waals surface area contributed by atoms with Gasteiger partial charge in [-0.3, -0.25) is 19.9 Å². The number of rotatable bonds is 3. The maximum atomic E-state index is 10.2. The van der Waals surface area contributed by atoms with Crippen molar-refractivity contribution < 1.29 is 14.5 Å². The molecule has 0 aliphatic heterocycles. The molecule has 0 aliphatic carbocycles. The summed E-state index contributed by atoms with van der Waals surface area (Å²) in [5.41, 5.74) is 0.523. The third-order valence-electron chi connectivity index (χ3n) is 1.41. The lowest BCUT2D eigenvalue weighted by Crippen LogP contribution is -1.92. The highest BCUT2D eigenvalue weighted by atomic mass is 16.6. The zero-order valence-electron chi connectivity index (χ0n) is 8.54. The number of pyridine rings is 1. The fraction of sp³-hybridized carbons (Fsp3) is 0.333. The molecule has 0 saturated heterocycles. The molecule has 1 heterocycles. The molecule has 1 rings (SSSR count). The Morgan fingerprint density at radius 2 is 2.33 bits per heavy atom. The number of ether oxygens (including phenoxy) is 1. The van der Waals surface area contributed by atoms with Crippen LogP contribution in [0.4, 0.5) is 5.69 Å². The highest BCUT2D eigenvalue weighted by Gasteiger charge is 2.07. The molecule has 15 heavy (non-hydrogen) atoms. The number of nitrogens with zero attached hydrogens (tertiary/aromatic N) is 2. The van der Waals surface area contributed by atoms with E-state index in [1.165, 1.54) is 12.3 Å². The highest BCUT2D eigenvalue weighted by Crippen LogP contribution is 2.12. The summed E-state index contributed by atoms with van der Waals surface area (Å²) in [6, 6.07) is 2.98. The fourth-order valence-electron chi connectivity index (χ4n) is 0.737. The number of hydrogen-bond donors (Lipinski definition) is 0. The summed E-state index contributed by atoms with van der Waals surface area (Å²) in [5.74, 6) is 0. The molecular weight excluding hydrogens is 200 g/mol. The summed E-state index contributed by atoms with van der Waals surface area (Å²) >= 11 is 0. The molecule has 0 saturated carbocycles. The zero-order valence-corrected chi connectivity index (χ0v) is 8.54. The zero-order chi connectivity index (χ0) is 11.7. The van der Waals surface area contributed by atoms with E-state index in [4.69, 9.17) is 0 Å². The Hall–Kier alpha value is -1.98. The topological polar surface area (TPSA) is 82.3 Å². The lowest BCUT2D eigenvalue weighted by atomic mass is 10.3. The van der Waals surface area contributed by atoms with Gasteiger partial charge in [0.2, 0.25) is 0 Å². The van der Waals surface area contributed by atoms with Crippen LogP contribution in [0.5, 0.6) is 0 Å². The average molecular weight is 212 g/mol. The Morgan fingerprint density at radius 1 is 1.67 bits per heavy atom. The van der Waals surface area contributed by atoms with Crippen LogP contribution in [0.3, 0.4) is 0 Å². The summed E-state index contributed by atoms with van der Waals surface area (Å²) < 4.78 is 4.15. The second-order valence-corrected chi connectivity index (χ2v) is 2.42. The van der Waals surface area contributed by atoms with Crippen molar-refractivity contribution in [3.8, 4) is 0 Å². The number of carbonyl (C=O) groups excluding carboxylic acids is 1. The quantitative estimate of drug-likeness (QED) is 0.430. The Bertz CT molecular complexity index is 328. The predicted octanol–water partition coefficient (Wildman–Crippen LogP) is 1.48. The molecule has 0 spiro atoms. The van der Waals surface area contributed by atoms with Gasteiger partial charge in [-0.05, 0) is 19.9 Å². The molecule has 0 atom stereocenters. The lowest BCUT2D eigenvalue weighted by molar-refractivity contribution is -0.385. The Balaban J connectivity index is 0.000000336. The van der Waals surface area contributed by atoms with Gasteiger partial charge in [-0.25, -0.2) is 0 Å². The van der Waals surface area contributed by atoms with Gasteiger partial charge in [0.05, 0.1) is 11.5 Å². The molecule has 0 aliphatic rings. The number of hydrogen-bond acceptors (Lipinski definition) is 5. The van der Waals surface area contributed by atoms with Crippen molar-refractivity contribution in [3.63, 3.8) is 0 Å². The van der Waals surface area contributed by atoms with Gasteiger partial charge in [0.15, 0.2) is 0 Å². The van der Waals surface area contributed by atoms with Crippen molar-refractivity contribution in [3.05, 3.63) is 34.1 Å². The summed E-state index contributed by atoms with van der Waals surface area (Å²) in [4.78, 5) is 22.7. The molecule has 6 heteroatoms. The molecule has 82 valence electrons. The molecule has 0 N–H and O–H groups in total. The SMILES string of the molecule is CCOC=O.Cc1ncccc1[N+](=O)[O-]. The van der Waals surface area contributed by atoms with Crippen LogP contribution in [-0.4, -0.2) is 23.0 Å². The fourth-order valence-corrected chi connectivity index (χ4v) is 0.737. The van der Waals surface area contributed by atoms with Crippen molar-refractivity contribution in [2.24, 2.45) is 0 Å². The summed E-state index contributed by atoms with van der Waals surface area (Å²) in [5, 5.41) is 10.2. The monoisotopic (exact) mass is 212 g/mol. The molecule has 0 aromatic carbocycles. The van der Waals surface area contributed by atoms with Crippen molar-refractivity contribution in [1.29, 1.82) is 0 Å². The van der Waals surface area contributed by atoms with Gasteiger partial charge in [-0.1, -0.05) is 0 Å². The molecule has 0 amide bonds. The maximum absolute atomic E-state index is 10.2. The van der Waals surface area contributed by atoms with E-state index < -0.39 is 4.92 Å². The van der Waals surface area contributed by atoms with Gasteiger partial charge < -0.3 is 4.74 Å². The van der Waals surface area contributed by atoms with Crippen LogP contribution in [0.1, 0.15) is 12.6 Å². The van der Waals surface area contributed by atoms with E-state index >= 15 is 0 Å². The van der Waals surface area contributed by atoms with E-state index in [9.17, 15) is 14.9 Å². The molecule has 1 aromatic heterocycles. The largest absolute Gasteiger partial charge is 0.468 e. The van der Waals surface area contributed by atoms with Gasteiger partial charge in [0.1, 0.15) is 5.69 Å². The third-order valence-corrected chi connectivity index (χ3v) is 1.41.